The molecule has 1 amide bonds. The van der Waals surface area contributed by atoms with Gasteiger partial charge in [-0.05, 0) is 27.7 Å². The molecule has 0 saturated heterocycles. The molecule has 112 valence electrons. The van der Waals surface area contributed by atoms with Crippen LogP contribution in [0, 0.1) is 19.3 Å². The van der Waals surface area contributed by atoms with E-state index in [1.807, 2.05) is 13.8 Å². The zero-order valence-corrected chi connectivity index (χ0v) is 13.0. The third-order valence-electron chi connectivity index (χ3n) is 2.97. The molecule has 20 heavy (non-hydrogen) atoms. The lowest BCUT2D eigenvalue weighted by atomic mass is 9.94. The second-order valence-corrected chi connectivity index (χ2v) is 6.25. The summed E-state index contributed by atoms with van der Waals surface area (Å²) in [6.45, 7) is 6.97. The van der Waals surface area contributed by atoms with Crippen molar-refractivity contribution in [3.63, 3.8) is 0 Å². The molecule has 0 fully saturated rings. The molecule has 0 aliphatic rings. The number of thioether (sulfide) groups is 1. The molecular formula is C13H20N2O4S. The molecule has 0 bridgehead atoms. The van der Waals surface area contributed by atoms with Crippen LogP contribution in [0.4, 0.5) is 0 Å². The number of carboxylic acid groups (broad SMARTS) is 1. The van der Waals surface area contributed by atoms with Gasteiger partial charge < -0.3 is 14.9 Å². The highest BCUT2D eigenvalue weighted by atomic mass is 32.2. The van der Waals surface area contributed by atoms with Crippen molar-refractivity contribution in [2.45, 2.75) is 33.4 Å². The maximum absolute atomic E-state index is 11.6. The van der Waals surface area contributed by atoms with Gasteiger partial charge in [0.05, 0.1) is 16.9 Å². The van der Waals surface area contributed by atoms with Crippen molar-refractivity contribution in [3.8, 4) is 0 Å². The van der Waals surface area contributed by atoms with Gasteiger partial charge in [0, 0.05) is 17.9 Å². The Hall–Kier alpha value is -1.50. The summed E-state index contributed by atoms with van der Waals surface area (Å²) in [7, 11) is 0. The largest absolute Gasteiger partial charge is 0.481 e. The lowest BCUT2D eigenvalue weighted by Gasteiger charge is -2.19. The van der Waals surface area contributed by atoms with E-state index in [-0.39, 0.29) is 18.2 Å². The highest BCUT2D eigenvalue weighted by molar-refractivity contribution is 7.99. The van der Waals surface area contributed by atoms with Crippen LogP contribution in [0.15, 0.2) is 4.52 Å². The van der Waals surface area contributed by atoms with Crippen molar-refractivity contribution >= 4 is 23.6 Å². The number of aromatic nitrogens is 1. The highest BCUT2D eigenvalue weighted by Gasteiger charge is 2.27. The second-order valence-electron chi connectivity index (χ2n) is 5.26. The van der Waals surface area contributed by atoms with E-state index in [1.165, 1.54) is 11.8 Å². The Balaban J connectivity index is 2.33. The number of carboxylic acids is 1. The summed E-state index contributed by atoms with van der Waals surface area (Å²) in [4.78, 5) is 22.6. The molecular weight excluding hydrogens is 280 g/mol. The van der Waals surface area contributed by atoms with E-state index in [0.29, 0.717) is 5.75 Å². The molecule has 1 heterocycles. The summed E-state index contributed by atoms with van der Waals surface area (Å²) in [6, 6.07) is 0. The predicted octanol–water partition coefficient (Wildman–Crippen LogP) is 1.75. The quantitative estimate of drug-likeness (QED) is 0.797. The minimum atomic E-state index is -0.956. The van der Waals surface area contributed by atoms with Crippen molar-refractivity contribution in [1.82, 2.24) is 10.5 Å². The third-order valence-corrected chi connectivity index (χ3v) is 3.93. The Morgan fingerprint density at radius 1 is 1.40 bits per heavy atom. The number of amides is 1. The van der Waals surface area contributed by atoms with Gasteiger partial charge >= 0.3 is 5.97 Å². The molecule has 0 spiro atoms. The molecule has 0 aliphatic heterocycles. The van der Waals surface area contributed by atoms with Gasteiger partial charge in [-0.15, -0.1) is 11.8 Å². The van der Waals surface area contributed by atoms with Crippen LogP contribution < -0.4 is 5.32 Å². The number of hydrogen-bond acceptors (Lipinski definition) is 5. The molecule has 1 rings (SSSR count). The maximum atomic E-state index is 11.6. The summed E-state index contributed by atoms with van der Waals surface area (Å²) in [5.41, 5.74) is 0.887. The maximum Gasteiger partial charge on any atom is 0.310 e. The van der Waals surface area contributed by atoms with E-state index < -0.39 is 11.4 Å². The van der Waals surface area contributed by atoms with E-state index in [4.69, 9.17) is 9.63 Å². The fraction of sp³-hybridized carbons (Fsp3) is 0.615. The summed E-state index contributed by atoms with van der Waals surface area (Å²) in [5, 5.41) is 15.4. The summed E-state index contributed by atoms with van der Waals surface area (Å²) in [6.07, 6.45) is 0. The Morgan fingerprint density at radius 3 is 2.55 bits per heavy atom. The van der Waals surface area contributed by atoms with Crippen LogP contribution in [-0.4, -0.2) is 34.4 Å². The number of nitrogens with zero attached hydrogens (tertiary/aromatic N) is 1. The molecule has 2 N–H and O–H groups in total. The van der Waals surface area contributed by atoms with E-state index in [2.05, 4.69) is 10.5 Å². The Labute approximate surface area is 122 Å². The van der Waals surface area contributed by atoms with Crippen molar-refractivity contribution in [2.24, 2.45) is 5.41 Å². The fourth-order valence-electron chi connectivity index (χ4n) is 1.40. The standard InChI is InChI=1S/C13H20N2O4S/c1-8-10(9(2)19-15-8)5-20-6-11(16)14-7-13(3,4)12(17)18/h5-7H2,1-4H3,(H,14,16)(H,17,18). The Bertz CT molecular complexity index is 477. The number of nitrogens with one attached hydrogen (secondary N) is 1. The molecule has 0 radical (unpaired) electrons. The van der Waals surface area contributed by atoms with Crippen molar-refractivity contribution in [2.75, 3.05) is 12.3 Å². The van der Waals surface area contributed by atoms with Gasteiger partial charge in [0.1, 0.15) is 5.76 Å². The van der Waals surface area contributed by atoms with Gasteiger partial charge in [0.15, 0.2) is 0 Å². The zero-order valence-electron chi connectivity index (χ0n) is 12.1. The zero-order chi connectivity index (χ0) is 15.3. The average Bonchev–Trinajstić information content (AvgIpc) is 2.68. The second kappa shape index (κ2) is 6.78. The third kappa shape index (κ3) is 4.56. The van der Waals surface area contributed by atoms with Crippen LogP contribution in [0.5, 0.6) is 0 Å². The molecule has 0 atom stereocenters. The number of hydrogen-bond donors (Lipinski definition) is 2. The Morgan fingerprint density at radius 2 is 2.05 bits per heavy atom. The monoisotopic (exact) mass is 300 g/mol. The summed E-state index contributed by atoms with van der Waals surface area (Å²) >= 11 is 1.45. The molecule has 0 saturated carbocycles. The van der Waals surface area contributed by atoms with E-state index in [0.717, 1.165) is 17.0 Å². The minimum absolute atomic E-state index is 0.118. The van der Waals surface area contributed by atoms with Crippen LogP contribution in [0.1, 0.15) is 30.9 Å². The Kier molecular flexibility index (Phi) is 5.62. The van der Waals surface area contributed by atoms with Crippen LogP contribution in [0.2, 0.25) is 0 Å². The van der Waals surface area contributed by atoms with Crippen LogP contribution in [0.3, 0.4) is 0 Å². The molecule has 7 heteroatoms. The van der Waals surface area contributed by atoms with Crippen molar-refractivity contribution in [3.05, 3.63) is 17.0 Å². The lowest BCUT2D eigenvalue weighted by molar-refractivity contribution is -0.146. The van der Waals surface area contributed by atoms with Gasteiger partial charge in [0.2, 0.25) is 5.91 Å². The number of carbonyl (C=O) groups excluding carboxylic acids is 1. The number of aryl methyl sites for hydroxylation is 2. The summed E-state index contributed by atoms with van der Waals surface area (Å²) < 4.78 is 5.04. The SMILES string of the molecule is Cc1noc(C)c1CSCC(=O)NCC(C)(C)C(=O)O. The minimum Gasteiger partial charge on any atom is -0.481 e. The lowest BCUT2D eigenvalue weighted by Crippen LogP contribution is -2.39. The van der Waals surface area contributed by atoms with Crippen LogP contribution >= 0.6 is 11.8 Å². The smallest absolute Gasteiger partial charge is 0.310 e. The number of aliphatic carboxylic acids is 1. The number of carbonyl (C=O) groups is 2. The first kappa shape index (κ1) is 16.6. The normalized spacial score (nSPS) is 11.4. The van der Waals surface area contributed by atoms with Gasteiger partial charge in [-0.3, -0.25) is 9.59 Å². The van der Waals surface area contributed by atoms with Crippen LogP contribution in [-0.2, 0) is 15.3 Å². The first-order valence-corrected chi connectivity index (χ1v) is 7.39. The first-order valence-electron chi connectivity index (χ1n) is 6.23. The molecule has 1 aromatic rings. The molecule has 0 aromatic carbocycles. The number of rotatable bonds is 7. The van der Waals surface area contributed by atoms with Crippen molar-refractivity contribution in [1.29, 1.82) is 0 Å². The topological polar surface area (TPSA) is 92.4 Å². The van der Waals surface area contributed by atoms with Crippen molar-refractivity contribution < 1.29 is 19.2 Å². The average molecular weight is 300 g/mol. The highest BCUT2D eigenvalue weighted by Crippen LogP contribution is 2.19. The van der Waals surface area contributed by atoms with E-state index >= 15 is 0 Å². The first-order chi connectivity index (χ1) is 9.24. The van der Waals surface area contributed by atoms with Gasteiger partial charge in [0.25, 0.3) is 0 Å². The van der Waals surface area contributed by atoms with E-state index in [1.54, 1.807) is 13.8 Å². The van der Waals surface area contributed by atoms with Gasteiger partial charge in [-0.1, -0.05) is 5.16 Å². The molecule has 1 aromatic heterocycles. The fourth-order valence-corrected chi connectivity index (χ4v) is 2.41. The van der Waals surface area contributed by atoms with E-state index in [9.17, 15) is 9.59 Å². The van der Waals surface area contributed by atoms with Gasteiger partial charge in [-0.25, -0.2) is 0 Å². The molecule has 0 aliphatic carbocycles. The van der Waals surface area contributed by atoms with Gasteiger partial charge in [-0.2, -0.15) is 0 Å². The molecule has 6 nitrogen and oxygen atoms in total. The predicted molar refractivity (Wildman–Crippen MR) is 76.6 cm³/mol. The summed E-state index contributed by atoms with van der Waals surface area (Å²) in [5.74, 6) is 0.594. The molecule has 0 unspecified atom stereocenters. The van der Waals surface area contributed by atoms with Crippen LogP contribution in [0.25, 0.3) is 0 Å².